The summed E-state index contributed by atoms with van der Waals surface area (Å²) in [5.41, 5.74) is 1.83. The molecule has 1 aromatic carbocycles. The third kappa shape index (κ3) is 3.58. The van der Waals surface area contributed by atoms with E-state index >= 15 is 0 Å². The van der Waals surface area contributed by atoms with Crippen LogP contribution in [-0.2, 0) is 11.2 Å². The number of benzene rings is 1. The monoisotopic (exact) mass is 337 g/mol. The Labute approximate surface area is 137 Å². The van der Waals surface area contributed by atoms with Crippen molar-refractivity contribution in [3.8, 4) is 0 Å². The number of anilines is 1. The Hall–Kier alpha value is -2.77. The molecule has 24 heavy (non-hydrogen) atoms. The molecule has 0 saturated heterocycles. The fraction of sp³-hybridized carbons (Fsp3) is 0.312. The predicted molar refractivity (Wildman–Crippen MR) is 83.4 cm³/mol. The number of aromatic nitrogens is 2. The van der Waals surface area contributed by atoms with Crippen LogP contribution in [0.15, 0.2) is 18.2 Å². The van der Waals surface area contributed by atoms with Gasteiger partial charge in [-0.15, -0.1) is 0 Å². The molecule has 1 amide bonds. The summed E-state index contributed by atoms with van der Waals surface area (Å²) in [6, 6.07) is 4.62. The molecule has 2 N–H and O–H groups in total. The van der Waals surface area contributed by atoms with Gasteiger partial charge in [-0.1, -0.05) is 11.6 Å². The number of carbonyl (C=O) groups excluding carboxylic acids is 1. The summed E-state index contributed by atoms with van der Waals surface area (Å²) < 4.78 is 26.2. The van der Waals surface area contributed by atoms with Gasteiger partial charge in [0.15, 0.2) is 0 Å². The van der Waals surface area contributed by atoms with Crippen LogP contribution in [0.3, 0.4) is 0 Å². The molecule has 0 unspecified atom stereocenters. The summed E-state index contributed by atoms with van der Waals surface area (Å²) in [6.45, 7) is 1.96. The Balaban J connectivity index is 2.22. The van der Waals surface area contributed by atoms with E-state index in [1.54, 1.807) is 19.9 Å². The van der Waals surface area contributed by atoms with Gasteiger partial charge in [0, 0.05) is 11.3 Å². The van der Waals surface area contributed by atoms with Crippen molar-refractivity contribution in [2.24, 2.45) is 0 Å². The first-order valence-electron chi connectivity index (χ1n) is 7.17. The van der Waals surface area contributed by atoms with Crippen LogP contribution in [0.1, 0.15) is 39.4 Å². The first-order chi connectivity index (χ1) is 11.2. The van der Waals surface area contributed by atoms with Crippen LogP contribution >= 0.6 is 0 Å². The first-order valence-corrected chi connectivity index (χ1v) is 7.17. The number of nitrogens with zero attached hydrogens (tertiary/aromatic N) is 2. The quantitative estimate of drug-likeness (QED) is 0.878. The van der Waals surface area contributed by atoms with Gasteiger partial charge in [0.2, 0.25) is 5.91 Å². The third-order valence-electron chi connectivity index (χ3n) is 3.68. The minimum absolute atomic E-state index is 0.0277. The van der Waals surface area contributed by atoms with Crippen molar-refractivity contribution in [1.82, 2.24) is 9.78 Å². The Bertz CT molecular complexity index is 800. The normalized spacial score (nSPS) is 10.9. The molecule has 0 atom stereocenters. The van der Waals surface area contributed by atoms with Crippen LogP contribution in [-0.4, -0.2) is 26.8 Å². The summed E-state index contributed by atoms with van der Waals surface area (Å²) in [5.74, 6) is -1.66. The summed E-state index contributed by atoms with van der Waals surface area (Å²) in [5, 5.41) is 15.4. The van der Waals surface area contributed by atoms with Crippen molar-refractivity contribution in [3.05, 3.63) is 46.3 Å². The van der Waals surface area contributed by atoms with Crippen LogP contribution < -0.4 is 5.32 Å². The van der Waals surface area contributed by atoms with Crippen LogP contribution in [0.4, 0.5) is 14.5 Å². The number of amides is 1. The number of hydrogen-bond donors (Lipinski definition) is 2. The lowest BCUT2D eigenvalue weighted by Crippen LogP contribution is -2.17. The average molecular weight is 337 g/mol. The molecule has 2 aromatic rings. The number of carbonyl (C=O) groups is 2. The molecule has 0 saturated carbocycles. The van der Waals surface area contributed by atoms with E-state index in [4.69, 9.17) is 0 Å². The Morgan fingerprint density at radius 2 is 1.96 bits per heavy atom. The van der Waals surface area contributed by atoms with E-state index < -0.39 is 18.4 Å². The summed E-state index contributed by atoms with van der Waals surface area (Å²) in [6.07, 6.45) is -0.169. The van der Waals surface area contributed by atoms with Gasteiger partial charge in [0.05, 0.1) is 23.4 Å². The maximum absolute atomic E-state index is 12.8. The molecule has 2 rings (SSSR count). The van der Waals surface area contributed by atoms with Crippen molar-refractivity contribution in [3.63, 3.8) is 0 Å². The molecule has 0 fully saturated rings. The molecule has 128 valence electrons. The van der Waals surface area contributed by atoms with Gasteiger partial charge in [-0.2, -0.15) is 13.9 Å². The van der Waals surface area contributed by atoms with E-state index in [0.29, 0.717) is 15.9 Å². The molecule has 0 radical (unpaired) electrons. The largest absolute Gasteiger partial charge is 0.478 e. The Kier molecular flexibility index (Phi) is 4.96. The van der Waals surface area contributed by atoms with Gasteiger partial charge in [-0.3, -0.25) is 4.79 Å². The molecule has 0 spiro atoms. The third-order valence-corrected chi connectivity index (χ3v) is 3.68. The zero-order chi connectivity index (χ0) is 18.0. The van der Waals surface area contributed by atoms with Gasteiger partial charge in [-0.05, 0) is 32.9 Å². The fourth-order valence-electron chi connectivity index (χ4n) is 2.44. The lowest BCUT2D eigenvalue weighted by Gasteiger charge is -2.10. The first kappa shape index (κ1) is 17.6. The van der Waals surface area contributed by atoms with Gasteiger partial charge >= 0.3 is 12.5 Å². The van der Waals surface area contributed by atoms with Crippen LogP contribution in [0.5, 0.6) is 0 Å². The highest BCUT2D eigenvalue weighted by Gasteiger charge is 2.20. The van der Waals surface area contributed by atoms with E-state index in [0.717, 1.165) is 5.56 Å². The number of alkyl halides is 2. The lowest BCUT2D eigenvalue weighted by atomic mass is 10.1. The van der Waals surface area contributed by atoms with E-state index in [1.165, 1.54) is 19.1 Å². The number of carboxylic acid groups (broad SMARTS) is 1. The molecule has 0 aliphatic carbocycles. The SMILES string of the molecule is Cc1ccc(NC(=O)Cc2c(C)nn(C(F)F)c2C)c(C(=O)O)c1. The van der Waals surface area contributed by atoms with E-state index in [-0.39, 0.29) is 23.4 Å². The smallest absolute Gasteiger partial charge is 0.337 e. The Morgan fingerprint density at radius 3 is 2.50 bits per heavy atom. The van der Waals surface area contributed by atoms with Gasteiger partial charge in [0.25, 0.3) is 0 Å². The number of hydrogen-bond acceptors (Lipinski definition) is 3. The average Bonchev–Trinajstić information content (AvgIpc) is 2.77. The maximum Gasteiger partial charge on any atom is 0.337 e. The molecule has 6 nitrogen and oxygen atoms in total. The van der Waals surface area contributed by atoms with Gasteiger partial charge in [0.1, 0.15) is 0 Å². The number of nitrogens with one attached hydrogen (secondary N) is 1. The zero-order valence-corrected chi connectivity index (χ0v) is 13.4. The topological polar surface area (TPSA) is 84.2 Å². The van der Waals surface area contributed by atoms with E-state index in [1.807, 2.05) is 0 Å². The number of carboxylic acids is 1. The van der Waals surface area contributed by atoms with E-state index in [2.05, 4.69) is 10.4 Å². The summed E-state index contributed by atoms with van der Waals surface area (Å²) >= 11 is 0. The molecular weight excluding hydrogens is 320 g/mol. The molecule has 1 aromatic heterocycles. The van der Waals surface area contributed by atoms with Crippen molar-refractivity contribution in [2.45, 2.75) is 33.7 Å². The fourth-order valence-corrected chi connectivity index (χ4v) is 2.44. The molecule has 0 bridgehead atoms. The summed E-state index contributed by atoms with van der Waals surface area (Å²) in [4.78, 5) is 23.4. The second-order valence-corrected chi connectivity index (χ2v) is 5.45. The highest BCUT2D eigenvalue weighted by atomic mass is 19.3. The van der Waals surface area contributed by atoms with E-state index in [9.17, 15) is 23.5 Å². The predicted octanol–water partition coefficient (Wildman–Crippen LogP) is 3.08. The van der Waals surface area contributed by atoms with Crippen molar-refractivity contribution >= 4 is 17.6 Å². The molecule has 0 aliphatic rings. The van der Waals surface area contributed by atoms with Gasteiger partial charge < -0.3 is 10.4 Å². The highest BCUT2D eigenvalue weighted by Crippen LogP contribution is 2.21. The second-order valence-electron chi connectivity index (χ2n) is 5.45. The number of aromatic carboxylic acids is 1. The molecule has 0 aliphatic heterocycles. The van der Waals surface area contributed by atoms with Crippen LogP contribution in [0.25, 0.3) is 0 Å². The zero-order valence-electron chi connectivity index (χ0n) is 13.4. The minimum atomic E-state index is -2.78. The lowest BCUT2D eigenvalue weighted by molar-refractivity contribution is -0.115. The van der Waals surface area contributed by atoms with Crippen LogP contribution in [0, 0.1) is 20.8 Å². The minimum Gasteiger partial charge on any atom is -0.478 e. The molecular formula is C16H17F2N3O3. The molecule has 8 heteroatoms. The van der Waals surface area contributed by atoms with Gasteiger partial charge in [-0.25, -0.2) is 9.48 Å². The highest BCUT2D eigenvalue weighted by molar-refractivity contribution is 6.01. The number of aryl methyl sites for hydroxylation is 2. The maximum atomic E-state index is 12.8. The van der Waals surface area contributed by atoms with Crippen molar-refractivity contribution in [2.75, 3.05) is 5.32 Å². The van der Waals surface area contributed by atoms with Crippen LogP contribution in [0.2, 0.25) is 0 Å². The Morgan fingerprint density at radius 1 is 1.29 bits per heavy atom. The standard InChI is InChI=1S/C16H17F2N3O3/c1-8-4-5-13(12(6-8)15(23)24)19-14(22)7-11-9(2)20-21(10(11)3)16(17)18/h4-6,16H,7H2,1-3H3,(H,19,22)(H,23,24). The van der Waals surface area contributed by atoms with Crippen molar-refractivity contribution < 1.29 is 23.5 Å². The molecule has 1 heterocycles. The summed E-state index contributed by atoms with van der Waals surface area (Å²) in [7, 11) is 0. The van der Waals surface area contributed by atoms with Crippen molar-refractivity contribution in [1.29, 1.82) is 0 Å². The number of rotatable bonds is 5. The second kappa shape index (κ2) is 6.77. The number of halogens is 2.